The van der Waals surface area contributed by atoms with Crippen molar-refractivity contribution in [3.05, 3.63) is 53.2 Å². The van der Waals surface area contributed by atoms with Crippen LogP contribution in [-0.2, 0) is 0 Å². The first kappa shape index (κ1) is 17.0. The van der Waals surface area contributed by atoms with Gasteiger partial charge in [0.1, 0.15) is 0 Å². The fourth-order valence-electron chi connectivity index (χ4n) is 2.42. The van der Waals surface area contributed by atoms with E-state index in [1.54, 1.807) is 14.2 Å². The molecule has 0 saturated carbocycles. The first-order chi connectivity index (χ1) is 12.1. The summed E-state index contributed by atoms with van der Waals surface area (Å²) in [5.41, 5.74) is 4.63. The summed E-state index contributed by atoms with van der Waals surface area (Å²) in [4.78, 5) is 0. The van der Waals surface area contributed by atoms with Crippen molar-refractivity contribution in [2.24, 2.45) is 5.10 Å². The van der Waals surface area contributed by atoms with Crippen LogP contribution in [0.2, 0.25) is 5.15 Å². The lowest BCUT2D eigenvalue weighted by Crippen LogP contribution is -2.03. The van der Waals surface area contributed by atoms with Crippen LogP contribution < -0.4 is 14.9 Å². The molecule has 3 rings (SSSR count). The van der Waals surface area contributed by atoms with Gasteiger partial charge in [0.15, 0.2) is 22.5 Å². The van der Waals surface area contributed by atoms with Crippen LogP contribution >= 0.6 is 11.6 Å². The molecule has 1 N–H and O–H groups in total. The SMILES string of the molecule is COc1ccc(/C(C)=N/Nc2nnc(Cl)c3ccccc23)cc1OC. The lowest BCUT2D eigenvalue weighted by Gasteiger charge is -2.10. The summed E-state index contributed by atoms with van der Waals surface area (Å²) in [6.45, 7) is 1.89. The first-order valence-corrected chi connectivity index (χ1v) is 7.95. The van der Waals surface area contributed by atoms with Crippen LogP contribution in [0.4, 0.5) is 5.82 Å². The van der Waals surface area contributed by atoms with Crippen LogP contribution in [0.3, 0.4) is 0 Å². The van der Waals surface area contributed by atoms with E-state index in [9.17, 15) is 0 Å². The van der Waals surface area contributed by atoms with Gasteiger partial charge in [-0.15, -0.1) is 10.2 Å². The molecular weight excluding hydrogens is 340 g/mol. The molecular formula is C18H17ClN4O2. The van der Waals surface area contributed by atoms with Crippen molar-refractivity contribution in [2.75, 3.05) is 19.6 Å². The molecule has 1 heterocycles. The maximum Gasteiger partial charge on any atom is 0.176 e. The number of benzene rings is 2. The molecule has 0 atom stereocenters. The lowest BCUT2D eigenvalue weighted by molar-refractivity contribution is 0.355. The molecule has 0 aliphatic rings. The van der Waals surface area contributed by atoms with Crippen molar-refractivity contribution in [3.63, 3.8) is 0 Å². The Morgan fingerprint density at radius 1 is 1.00 bits per heavy atom. The minimum Gasteiger partial charge on any atom is -0.493 e. The third kappa shape index (κ3) is 3.49. The number of nitrogens with zero attached hydrogens (tertiary/aromatic N) is 3. The van der Waals surface area contributed by atoms with E-state index in [-0.39, 0.29) is 0 Å². The Hall–Kier alpha value is -2.86. The number of methoxy groups -OCH3 is 2. The molecule has 128 valence electrons. The van der Waals surface area contributed by atoms with Gasteiger partial charge in [-0.05, 0) is 25.1 Å². The fourth-order valence-corrected chi connectivity index (χ4v) is 2.62. The summed E-state index contributed by atoms with van der Waals surface area (Å²) in [6, 6.07) is 13.2. The van der Waals surface area contributed by atoms with Crippen molar-refractivity contribution < 1.29 is 9.47 Å². The summed E-state index contributed by atoms with van der Waals surface area (Å²) >= 11 is 6.09. The zero-order valence-corrected chi connectivity index (χ0v) is 14.8. The molecule has 0 radical (unpaired) electrons. The normalized spacial score (nSPS) is 11.4. The third-order valence-corrected chi connectivity index (χ3v) is 4.05. The molecule has 0 spiro atoms. The zero-order valence-electron chi connectivity index (χ0n) is 14.1. The Kier molecular flexibility index (Phi) is 5.00. The molecule has 0 amide bonds. The highest BCUT2D eigenvalue weighted by Crippen LogP contribution is 2.28. The van der Waals surface area contributed by atoms with E-state index in [1.807, 2.05) is 49.4 Å². The van der Waals surface area contributed by atoms with Gasteiger partial charge in [0.25, 0.3) is 0 Å². The minimum absolute atomic E-state index is 0.363. The van der Waals surface area contributed by atoms with Crippen molar-refractivity contribution >= 4 is 33.9 Å². The topological polar surface area (TPSA) is 68.6 Å². The molecule has 0 saturated heterocycles. The molecule has 0 aliphatic heterocycles. The fraction of sp³-hybridized carbons (Fsp3) is 0.167. The number of hydrogen-bond acceptors (Lipinski definition) is 6. The van der Waals surface area contributed by atoms with Crippen LogP contribution in [0, 0.1) is 0 Å². The van der Waals surface area contributed by atoms with Gasteiger partial charge in [0.2, 0.25) is 0 Å². The van der Waals surface area contributed by atoms with E-state index in [0.717, 1.165) is 22.0 Å². The predicted molar refractivity (Wildman–Crippen MR) is 99.9 cm³/mol. The molecule has 6 nitrogen and oxygen atoms in total. The maximum atomic E-state index is 6.09. The van der Waals surface area contributed by atoms with Gasteiger partial charge < -0.3 is 9.47 Å². The van der Waals surface area contributed by atoms with E-state index in [4.69, 9.17) is 21.1 Å². The minimum atomic E-state index is 0.363. The van der Waals surface area contributed by atoms with Gasteiger partial charge in [-0.2, -0.15) is 5.10 Å². The van der Waals surface area contributed by atoms with Gasteiger partial charge >= 0.3 is 0 Å². The quantitative estimate of drug-likeness (QED) is 0.549. The predicted octanol–water partition coefficient (Wildman–Crippen LogP) is 4.14. The Morgan fingerprint density at radius 2 is 1.72 bits per heavy atom. The van der Waals surface area contributed by atoms with Crippen LogP contribution in [0.5, 0.6) is 11.5 Å². The van der Waals surface area contributed by atoms with E-state index >= 15 is 0 Å². The highest BCUT2D eigenvalue weighted by Gasteiger charge is 2.09. The highest BCUT2D eigenvalue weighted by molar-refractivity contribution is 6.34. The number of halogens is 1. The van der Waals surface area contributed by atoms with E-state index in [1.165, 1.54) is 0 Å². The molecule has 1 aromatic heterocycles. The van der Waals surface area contributed by atoms with Crippen molar-refractivity contribution in [1.82, 2.24) is 10.2 Å². The van der Waals surface area contributed by atoms with E-state index in [0.29, 0.717) is 22.5 Å². The number of ether oxygens (including phenoxy) is 2. The average Bonchev–Trinajstić information content (AvgIpc) is 2.67. The molecule has 0 aliphatic carbocycles. The van der Waals surface area contributed by atoms with Crippen LogP contribution in [-0.4, -0.2) is 30.1 Å². The second-order valence-electron chi connectivity index (χ2n) is 5.26. The smallest absolute Gasteiger partial charge is 0.176 e. The Morgan fingerprint density at radius 3 is 2.44 bits per heavy atom. The molecule has 0 unspecified atom stereocenters. The molecule has 7 heteroatoms. The summed E-state index contributed by atoms with van der Waals surface area (Å²) < 4.78 is 10.6. The van der Waals surface area contributed by atoms with Crippen molar-refractivity contribution in [2.45, 2.75) is 6.92 Å². The van der Waals surface area contributed by atoms with Gasteiger partial charge in [-0.1, -0.05) is 35.9 Å². The maximum absolute atomic E-state index is 6.09. The second kappa shape index (κ2) is 7.36. The first-order valence-electron chi connectivity index (χ1n) is 7.57. The van der Waals surface area contributed by atoms with Crippen LogP contribution in [0.15, 0.2) is 47.6 Å². The van der Waals surface area contributed by atoms with Crippen molar-refractivity contribution in [3.8, 4) is 11.5 Å². The number of fused-ring (bicyclic) bond motifs is 1. The number of nitrogens with one attached hydrogen (secondary N) is 1. The second-order valence-corrected chi connectivity index (χ2v) is 5.62. The molecule has 2 aromatic carbocycles. The number of rotatable bonds is 5. The molecule has 0 fully saturated rings. The van der Waals surface area contributed by atoms with Gasteiger partial charge in [0, 0.05) is 16.3 Å². The standard InChI is InChI=1S/C18H17ClN4O2/c1-11(12-8-9-15(24-2)16(10-12)25-3)20-22-18-14-7-5-4-6-13(14)17(19)21-23-18/h4-10H,1-3H3,(H,22,23)/b20-11+. The van der Waals surface area contributed by atoms with Crippen LogP contribution in [0.25, 0.3) is 10.8 Å². The van der Waals surface area contributed by atoms with Crippen molar-refractivity contribution in [1.29, 1.82) is 0 Å². The van der Waals surface area contributed by atoms with E-state index in [2.05, 4.69) is 20.7 Å². The van der Waals surface area contributed by atoms with Crippen LogP contribution in [0.1, 0.15) is 12.5 Å². The van der Waals surface area contributed by atoms with Gasteiger partial charge in [-0.25, -0.2) is 0 Å². The summed E-state index contributed by atoms with van der Waals surface area (Å²) in [5, 5.41) is 14.5. The zero-order chi connectivity index (χ0) is 17.8. The summed E-state index contributed by atoms with van der Waals surface area (Å²) in [5.74, 6) is 1.85. The number of hydrazone groups is 1. The number of aromatic nitrogens is 2. The Labute approximate surface area is 150 Å². The molecule has 25 heavy (non-hydrogen) atoms. The third-order valence-electron chi connectivity index (χ3n) is 3.77. The number of hydrogen-bond donors (Lipinski definition) is 1. The Balaban J connectivity index is 1.91. The molecule has 3 aromatic rings. The van der Waals surface area contributed by atoms with Gasteiger partial charge in [-0.3, -0.25) is 5.43 Å². The Bertz CT molecular complexity index is 944. The average molecular weight is 357 g/mol. The van der Waals surface area contributed by atoms with E-state index < -0.39 is 0 Å². The highest BCUT2D eigenvalue weighted by atomic mass is 35.5. The largest absolute Gasteiger partial charge is 0.493 e. The lowest BCUT2D eigenvalue weighted by atomic mass is 10.1. The summed E-state index contributed by atoms with van der Waals surface area (Å²) in [6.07, 6.45) is 0. The summed E-state index contributed by atoms with van der Waals surface area (Å²) in [7, 11) is 3.20. The monoisotopic (exact) mass is 356 g/mol. The number of anilines is 1. The van der Waals surface area contributed by atoms with Gasteiger partial charge in [0.05, 0.1) is 19.9 Å². The molecule has 0 bridgehead atoms.